The van der Waals surface area contributed by atoms with Crippen molar-refractivity contribution in [2.24, 2.45) is 0 Å². The maximum atomic E-state index is 5.15. The Morgan fingerprint density at radius 2 is 2.00 bits per heavy atom. The van der Waals surface area contributed by atoms with Gasteiger partial charge >= 0.3 is 0 Å². The molecule has 2 aromatic heterocycles. The Kier molecular flexibility index (Phi) is 4.48. The average Bonchev–Trinajstić information content (AvgIpc) is 3.12. The van der Waals surface area contributed by atoms with E-state index < -0.39 is 0 Å². The predicted molar refractivity (Wildman–Crippen MR) is 89.2 cm³/mol. The highest BCUT2D eigenvalue weighted by molar-refractivity contribution is 7.17. The summed E-state index contributed by atoms with van der Waals surface area (Å²) in [6.45, 7) is 2.17. The largest absolute Gasteiger partial charge is 0.497 e. The van der Waals surface area contributed by atoms with E-state index in [0.29, 0.717) is 0 Å². The van der Waals surface area contributed by atoms with Gasteiger partial charge in [0.2, 0.25) is 4.96 Å². The zero-order valence-corrected chi connectivity index (χ0v) is 13.5. The molecule has 0 bridgehead atoms. The first-order chi connectivity index (χ1) is 10.8. The summed E-state index contributed by atoms with van der Waals surface area (Å²) in [5.41, 5.74) is 1.11. The summed E-state index contributed by atoms with van der Waals surface area (Å²) >= 11 is 1.55. The minimum atomic E-state index is 0.848. The van der Waals surface area contributed by atoms with Gasteiger partial charge in [-0.2, -0.15) is 9.61 Å². The molecular weight excluding hydrogens is 296 g/mol. The summed E-state index contributed by atoms with van der Waals surface area (Å²) in [6, 6.07) is 7.92. The zero-order valence-electron chi connectivity index (χ0n) is 12.7. The molecule has 22 heavy (non-hydrogen) atoms. The third kappa shape index (κ3) is 3.17. The topological polar surface area (TPSA) is 52.3 Å². The molecule has 0 aliphatic heterocycles. The summed E-state index contributed by atoms with van der Waals surface area (Å²) in [6.07, 6.45) is 7.21. The molecule has 0 saturated heterocycles. The van der Waals surface area contributed by atoms with Gasteiger partial charge in [-0.3, -0.25) is 0 Å². The maximum absolute atomic E-state index is 5.15. The van der Waals surface area contributed by atoms with Crippen molar-refractivity contribution in [3.8, 4) is 5.75 Å². The fourth-order valence-corrected chi connectivity index (χ4v) is 2.87. The lowest BCUT2D eigenvalue weighted by Gasteiger charge is -1.98. The Morgan fingerprint density at radius 3 is 2.73 bits per heavy atom. The Hall–Kier alpha value is -2.21. The van der Waals surface area contributed by atoms with E-state index in [-0.39, 0.29) is 0 Å². The van der Waals surface area contributed by atoms with E-state index in [9.17, 15) is 0 Å². The lowest BCUT2D eigenvalue weighted by molar-refractivity contribution is 0.415. The van der Waals surface area contributed by atoms with Crippen LogP contribution >= 0.6 is 11.3 Å². The number of nitrogens with zero attached hydrogens (tertiary/aromatic N) is 4. The highest BCUT2D eigenvalue weighted by Crippen LogP contribution is 2.18. The Balaban J connectivity index is 1.78. The molecule has 0 unspecified atom stereocenters. The predicted octanol–water partition coefficient (Wildman–Crippen LogP) is 3.71. The monoisotopic (exact) mass is 314 g/mol. The number of rotatable bonds is 6. The van der Waals surface area contributed by atoms with E-state index >= 15 is 0 Å². The molecule has 3 aromatic rings. The fourth-order valence-electron chi connectivity index (χ4n) is 2.11. The van der Waals surface area contributed by atoms with Crippen molar-refractivity contribution in [3.05, 3.63) is 40.7 Å². The lowest BCUT2D eigenvalue weighted by atomic mass is 10.2. The molecule has 0 atom stereocenters. The van der Waals surface area contributed by atoms with Gasteiger partial charge in [-0.05, 0) is 30.2 Å². The molecular formula is C16H18N4OS. The van der Waals surface area contributed by atoms with Gasteiger partial charge in [0.25, 0.3) is 0 Å². The number of benzene rings is 1. The molecule has 5 nitrogen and oxygen atoms in total. The van der Waals surface area contributed by atoms with Crippen LogP contribution in [0.2, 0.25) is 0 Å². The van der Waals surface area contributed by atoms with E-state index in [2.05, 4.69) is 22.2 Å². The van der Waals surface area contributed by atoms with Gasteiger partial charge in [0.15, 0.2) is 5.82 Å². The van der Waals surface area contributed by atoms with Crippen molar-refractivity contribution in [2.45, 2.75) is 26.2 Å². The second-order valence-corrected chi connectivity index (χ2v) is 5.95. The molecule has 1 aromatic carbocycles. The zero-order chi connectivity index (χ0) is 15.4. The summed E-state index contributed by atoms with van der Waals surface area (Å²) in [4.78, 5) is 0.848. The summed E-state index contributed by atoms with van der Waals surface area (Å²) in [7, 11) is 1.67. The van der Waals surface area contributed by atoms with Crippen LogP contribution in [0, 0.1) is 0 Å². The van der Waals surface area contributed by atoms with Crippen LogP contribution in [-0.2, 0) is 6.42 Å². The third-order valence-corrected chi connectivity index (χ3v) is 4.22. The van der Waals surface area contributed by atoms with Gasteiger partial charge in [-0.15, -0.1) is 10.2 Å². The van der Waals surface area contributed by atoms with Crippen LogP contribution in [0.1, 0.15) is 36.2 Å². The molecule has 0 spiro atoms. The fraction of sp³-hybridized carbons (Fsp3) is 0.312. The van der Waals surface area contributed by atoms with Gasteiger partial charge in [-0.25, -0.2) is 0 Å². The highest BCUT2D eigenvalue weighted by atomic mass is 32.1. The van der Waals surface area contributed by atoms with Gasteiger partial charge < -0.3 is 4.74 Å². The van der Waals surface area contributed by atoms with Gasteiger partial charge in [0.05, 0.1) is 7.11 Å². The lowest BCUT2D eigenvalue weighted by Crippen LogP contribution is -1.95. The van der Waals surface area contributed by atoms with Crippen LogP contribution in [0.4, 0.5) is 0 Å². The third-order valence-electron chi connectivity index (χ3n) is 3.36. The number of aryl methyl sites for hydroxylation is 1. The minimum Gasteiger partial charge on any atom is -0.497 e. The number of aromatic nitrogens is 4. The summed E-state index contributed by atoms with van der Waals surface area (Å²) < 4.78 is 7.01. The average molecular weight is 314 g/mol. The molecule has 2 heterocycles. The smallest absolute Gasteiger partial charge is 0.234 e. The normalized spacial score (nSPS) is 11.5. The molecule has 0 saturated carbocycles. The van der Waals surface area contributed by atoms with Crippen LogP contribution in [0.25, 0.3) is 17.1 Å². The number of ether oxygens (including phenoxy) is 1. The number of methoxy groups -OCH3 is 1. The van der Waals surface area contributed by atoms with E-state index in [1.165, 1.54) is 0 Å². The summed E-state index contributed by atoms with van der Waals surface area (Å²) in [5.74, 6) is 1.80. The van der Waals surface area contributed by atoms with Gasteiger partial charge in [0, 0.05) is 6.42 Å². The van der Waals surface area contributed by atoms with Crippen molar-refractivity contribution < 1.29 is 4.74 Å². The maximum Gasteiger partial charge on any atom is 0.234 e. The van der Waals surface area contributed by atoms with Crippen LogP contribution in [0.5, 0.6) is 5.75 Å². The first-order valence-electron chi connectivity index (χ1n) is 7.33. The molecule has 0 fully saturated rings. The van der Waals surface area contributed by atoms with E-state index in [0.717, 1.165) is 46.4 Å². The molecule has 0 aliphatic rings. The first-order valence-corrected chi connectivity index (χ1v) is 8.15. The molecule has 0 aliphatic carbocycles. The first kappa shape index (κ1) is 14.7. The molecule has 0 radical (unpaired) electrons. The van der Waals surface area contributed by atoms with Crippen LogP contribution in [0.3, 0.4) is 0 Å². The van der Waals surface area contributed by atoms with Gasteiger partial charge in [-0.1, -0.05) is 42.9 Å². The number of hydrogen-bond acceptors (Lipinski definition) is 5. The molecule has 0 N–H and O–H groups in total. The van der Waals surface area contributed by atoms with Crippen LogP contribution in [0.15, 0.2) is 24.3 Å². The van der Waals surface area contributed by atoms with Crippen LogP contribution in [-0.4, -0.2) is 26.9 Å². The second kappa shape index (κ2) is 6.70. The molecule has 0 amide bonds. The Bertz CT molecular complexity index is 773. The Labute approximate surface area is 133 Å². The van der Waals surface area contributed by atoms with Crippen molar-refractivity contribution in [3.63, 3.8) is 0 Å². The SMILES string of the molecule is CCCCc1nnc2sc(/C=C\c3ccc(OC)cc3)nn12. The number of fused-ring (bicyclic) bond motifs is 1. The quantitative estimate of drug-likeness (QED) is 0.696. The molecule has 114 valence electrons. The minimum absolute atomic E-state index is 0.848. The number of hydrogen-bond donors (Lipinski definition) is 0. The standard InChI is InChI=1S/C16H18N4OS/c1-3-4-5-14-17-18-16-20(14)19-15(22-16)11-8-12-6-9-13(21-2)10-7-12/h6-11H,3-5H2,1-2H3/b11-8-. The number of unbranched alkanes of at least 4 members (excludes halogenated alkanes) is 1. The van der Waals surface area contributed by atoms with E-state index in [1.54, 1.807) is 18.4 Å². The van der Waals surface area contributed by atoms with E-state index in [4.69, 9.17) is 4.74 Å². The van der Waals surface area contributed by atoms with Crippen molar-refractivity contribution in [2.75, 3.05) is 7.11 Å². The molecule has 3 rings (SSSR count). The Morgan fingerprint density at radius 1 is 1.18 bits per heavy atom. The van der Waals surface area contributed by atoms with Crippen molar-refractivity contribution in [1.82, 2.24) is 19.8 Å². The van der Waals surface area contributed by atoms with Crippen molar-refractivity contribution in [1.29, 1.82) is 0 Å². The molecule has 6 heteroatoms. The van der Waals surface area contributed by atoms with E-state index in [1.807, 2.05) is 40.9 Å². The van der Waals surface area contributed by atoms with Crippen molar-refractivity contribution >= 4 is 28.4 Å². The summed E-state index contributed by atoms with van der Waals surface area (Å²) in [5, 5.41) is 13.9. The van der Waals surface area contributed by atoms with Crippen LogP contribution < -0.4 is 4.74 Å². The second-order valence-electron chi connectivity index (χ2n) is 4.96. The highest BCUT2D eigenvalue weighted by Gasteiger charge is 2.09. The van der Waals surface area contributed by atoms with Gasteiger partial charge in [0.1, 0.15) is 10.8 Å².